The zero-order valence-corrected chi connectivity index (χ0v) is 12.8. The minimum Gasteiger partial charge on any atom is -0.373 e. The topological polar surface area (TPSA) is 91.6 Å². The zero-order valence-electron chi connectivity index (χ0n) is 12.8. The van der Waals surface area contributed by atoms with Crippen LogP contribution in [0.4, 0.5) is 17.3 Å². The molecule has 0 saturated heterocycles. The fourth-order valence-corrected chi connectivity index (χ4v) is 1.75. The fourth-order valence-electron chi connectivity index (χ4n) is 1.75. The van der Waals surface area contributed by atoms with Gasteiger partial charge >= 0.3 is 0 Å². The number of aromatic nitrogens is 1. The van der Waals surface area contributed by atoms with Crippen molar-refractivity contribution in [2.75, 3.05) is 44.4 Å². The van der Waals surface area contributed by atoms with E-state index in [0.717, 1.165) is 6.42 Å². The molecule has 0 saturated carbocycles. The third kappa shape index (κ3) is 4.59. The second-order valence-electron chi connectivity index (χ2n) is 4.79. The number of likely N-dealkylation sites (N-methyl/N-ethyl adjacent to an activating group) is 1. The number of nitrogens with one attached hydrogen (secondary N) is 1. The molecule has 0 bridgehead atoms. The van der Waals surface area contributed by atoms with Crippen molar-refractivity contribution in [3.05, 3.63) is 22.2 Å². The molecule has 1 N–H and O–H groups in total. The number of carbonyl (C=O) groups excluding carboxylic acids is 1. The van der Waals surface area contributed by atoms with Gasteiger partial charge in [-0.05, 0) is 6.42 Å². The molecule has 0 atom stereocenters. The maximum absolute atomic E-state index is 11.9. The van der Waals surface area contributed by atoms with Crippen LogP contribution < -0.4 is 10.2 Å². The Hall–Kier alpha value is -2.38. The average molecular weight is 295 g/mol. The molecular formula is C13H21N5O3. The van der Waals surface area contributed by atoms with Crippen molar-refractivity contribution in [1.29, 1.82) is 0 Å². The lowest BCUT2D eigenvalue weighted by Crippen LogP contribution is -2.37. The normalized spacial score (nSPS) is 10.1. The summed E-state index contributed by atoms with van der Waals surface area (Å²) in [5.74, 6) is 0.742. The number of pyridine rings is 1. The largest absolute Gasteiger partial charge is 0.373 e. The van der Waals surface area contributed by atoms with Gasteiger partial charge in [0.2, 0.25) is 5.91 Å². The van der Waals surface area contributed by atoms with Gasteiger partial charge < -0.3 is 15.1 Å². The number of carbonyl (C=O) groups is 1. The molecule has 1 heterocycles. The highest BCUT2D eigenvalue weighted by atomic mass is 16.6. The number of hydrogen-bond acceptors (Lipinski definition) is 6. The van der Waals surface area contributed by atoms with E-state index in [1.54, 1.807) is 26.0 Å². The molecule has 8 heteroatoms. The summed E-state index contributed by atoms with van der Waals surface area (Å²) < 4.78 is 0. The molecule has 0 unspecified atom stereocenters. The van der Waals surface area contributed by atoms with Gasteiger partial charge in [0.1, 0.15) is 11.6 Å². The first-order valence-electron chi connectivity index (χ1n) is 6.68. The number of rotatable bonds is 7. The monoisotopic (exact) mass is 295 g/mol. The van der Waals surface area contributed by atoms with Crippen molar-refractivity contribution in [2.45, 2.75) is 13.3 Å². The Morgan fingerprint density at radius 3 is 2.57 bits per heavy atom. The van der Waals surface area contributed by atoms with Crippen molar-refractivity contribution < 1.29 is 9.72 Å². The molecule has 0 aromatic carbocycles. The van der Waals surface area contributed by atoms with Gasteiger partial charge in [-0.1, -0.05) is 6.92 Å². The lowest BCUT2D eigenvalue weighted by molar-refractivity contribution is -0.384. The molecule has 116 valence electrons. The van der Waals surface area contributed by atoms with E-state index in [1.807, 2.05) is 6.92 Å². The van der Waals surface area contributed by atoms with E-state index >= 15 is 0 Å². The molecule has 21 heavy (non-hydrogen) atoms. The Morgan fingerprint density at radius 1 is 1.43 bits per heavy atom. The van der Waals surface area contributed by atoms with Gasteiger partial charge in [0, 0.05) is 27.7 Å². The molecule has 8 nitrogen and oxygen atoms in total. The van der Waals surface area contributed by atoms with Crippen LogP contribution in [0.2, 0.25) is 0 Å². The highest BCUT2D eigenvalue weighted by Gasteiger charge is 2.18. The Kier molecular flexibility index (Phi) is 5.89. The van der Waals surface area contributed by atoms with Crippen molar-refractivity contribution >= 4 is 23.2 Å². The van der Waals surface area contributed by atoms with E-state index in [4.69, 9.17) is 0 Å². The van der Waals surface area contributed by atoms with Crippen molar-refractivity contribution in [1.82, 2.24) is 9.88 Å². The van der Waals surface area contributed by atoms with E-state index in [-0.39, 0.29) is 18.1 Å². The van der Waals surface area contributed by atoms with Crippen LogP contribution in [0, 0.1) is 10.1 Å². The van der Waals surface area contributed by atoms with Gasteiger partial charge in [0.05, 0.1) is 23.6 Å². The highest BCUT2D eigenvalue weighted by Crippen LogP contribution is 2.23. The first kappa shape index (κ1) is 16.7. The number of amides is 1. The minimum atomic E-state index is -0.468. The molecule has 1 amide bonds. The second kappa shape index (κ2) is 7.41. The van der Waals surface area contributed by atoms with Crippen molar-refractivity contribution in [3.8, 4) is 0 Å². The summed E-state index contributed by atoms with van der Waals surface area (Å²) >= 11 is 0. The second-order valence-corrected chi connectivity index (χ2v) is 4.79. The van der Waals surface area contributed by atoms with Gasteiger partial charge in [-0.15, -0.1) is 0 Å². The number of nitro groups is 1. The van der Waals surface area contributed by atoms with Crippen LogP contribution in [0.3, 0.4) is 0 Å². The Bertz CT molecular complexity index is 519. The number of hydrogen-bond donors (Lipinski definition) is 1. The smallest absolute Gasteiger partial charge is 0.276 e. The SMILES string of the molecule is CCCN(CC(=O)N(C)C)c1cc([N+](=O)[O-])cc(NC)n1. The zero-order chi connectivity index (χ0) is 16.0. The quantitative estimate of drug-likeness (QED) is 0.603. The standard InChI is InChI=1S/C13H21N5O3/c1-5-6-17(9-13(19)16(3)4)12-8-10(18(20)21)7-11(14-2)15-12/h7-8H,5-6,9H2,1-4H3,(H,14,15). The molecule has 0 fully saturated rings. The summed E-state index contributed by atoms with van der Waals surface area (Å²) in [6.07, 6.45) is 0.806. The Morgan fingerprint density at radius 2 is 2.10 bits per heavy atom. The predicted octanol–water partition coefficient (Wildman–Crippen LogP) is 1.34. The van der Waals surface area contributed by atoms with Crippen LogP contribution in [0.5, 0.6) is 0 Å². The summed E-state index contributed by atoms with van der Waals surface area (Å²) in [6, 6.07) is 2.75. The fraction of sp³-hybridized carbons (Fsp3) is 0.538. The summed E-state index contributed by atoms with van der Waals surface area (Å²) in [5.41, 5.74) is -0.0530. The van der Waals surface area contributed by atoms with Gasteiger partial charge in [-0.2, -0.15) is 0 Å². The first-order chi connectivity index (χ1) is 9.88. The maximum Gasteiger partial charge on any atom is 0.276 e. The van der Waals surface area contributed by atoms with Gasteiger partial charge in [-0.3, -0.25) is 14.9 Å². The van der Waals surface area contributed by atoms with E-state index in [1.165, 1.54) is 17.0 Å². The van der Waals surface area contributed by atoms with Gasteiger partial charge in [0.15, 0.2) is 0 Å². The van der Waals surface area contributed by atoms with Crippen molar-refractivity contribution in [2.24, 2.45) is 0 Å². The van der Waals surface area contributed by atoms with Crippen LogP contribution >= 0.6 is 0 Å². The molecule has 0 spiro atoms. The highest BCUT2D eigenvalue weighted by molar-refractivity contribution is 5.81. The lowest BCUT2D eigenvalue weighted by atomic mass is 10.3. The predicted molar refractivity (Wildman–Crippen MR) is 81.6 cm³/mol. The molecule has 1 aromatic heterocycles. The summed E-state index contributed by atoms with van der Waals surface area (Å²) in [4.78, 5) is 29.9. The van der Waals surface area contributed by atoms with Crippen LogP contribution in [-0.2, 0) is 4.79 Å². The Balaban J connectivity index is 3.14. The van der Waals surface area contributed by atoms with Gasteiger partial charge in [0.25, 0.3) is 5.69 Å². The van der Waals surface area contributed by atoms with Crippen LogP contribution in [-0.4, -0.2) is 54.9 Å². The third-order valence-electron chi connectivity index (χ3n) is 2.91. The molecule has 0 aliphatic heterocycles. The van der Waals surface area contributed by atoms with E-state index in [0.29, 0.717) is 18.2 Å². The van der Waals surface area contributed by atoms with Gasteiger partial charge in [-0.25, -0.2) is 4.98 Å². The van der Waals surface area contributed by atoms with Crippen molar-refractivity contribution in [3.63, 3.8) is 0 Å². The molecule has 1 aromatic rings. The van der Waals surface area contributed by atoms with E-state index < -0.39 is 4.92 Å². The van der Waals surface area contributed by atoms with E-state index in [9.17, 15) is 14.9 Å². The number of anilines is 2. The molecule has 0 aliphatic carbocycles. The molecule has 0 aliphatic rings. The Labute approximate surface area is 123 Å². The summed E-state index contributed by atoms with van der Waals surface area (Å²) in [7, 11) is 4.99. The first-order valence-corrected chi connectivity index (χ1v) is 6.68. The van der Waals surface area contributed by atoms with Crippen LogP contribution in [0.25, 0.3) is 0 Å². The maximum atomic E-state index is 11.9. The molecular weight excluding hydrogens is 274 g/mol. The van der Waals surface area contributed by atoms with E-state index in [2.05, 4.69) is 10.3 Å². The van der Waals surface area contributed by atoms with Crippen LogP contribution in [0.1, 0.15) is 13.3 Å². The third-order valence-corrected chi connectivity index (χ3v) is 2.91. The van der Waals surface area contributed by atoms with Crippen LogP contribution in [0.15, 0.2) is 12.1 Å². The summed E-state index contributed by atoms with van der Waals surface area (Å²) in [5, 5.41) is 13.8. The minimum absolute atomic E-state index is 0.0530. The molecule has 1 rings (SSSR count). The molecule has 0 radical (unpaired) electrons. The summed E-state index contributed by atoms with van der Waals surface area (Å²) in [6.45, 7) is 2.71. The average Bonchev–Trinajstić information content (AvgIpc) is 2.45. The number of nitrogens with zero attached hydrogens (tertiary/aromatic N) is 4. The lowest BCUT2D eigenvalue weighted by Gasteiger charge is -2.24.